The van der Waals surface area contributed by atoms with Crippen molar-refractivity contribution in [3.8, 4) is 5.75 Å². The van der Waals surface area contributed by atoms with Gasteiger partial charge in [0.1, 0.15) is 5.75 Å². The van der Waals surface area contributed by atoms with E-state index in [0.29, 0.717) is 16.3 Å². The van der Waals surface area contributed by atoms with Crippen LogP contribution in [-0.4, -0.2) is 31.5 Å². The summed E-state index contributed by atoms with van der Waals surface area (Å²) in [5, 5.41) is 5.26. The summed E-state index contributed by atoms with van der Waals surface area (Å²) < 4.78 is 5.47. The second-order valence-electron chi connectivity index (χ2n) is 4.17. The van der Waals surface area contributed by atoms with E-state index in [9.17, 15) is 9.59 Å². The summed E-state index contributed by atoms with van der Waals surface area (Å²) in [5.74, 6) is -0.0969. The molecule has 1 aromatic rings. The van der Waals surface area contributed by atoms with Crippen LogP contribution in [0.1, 0.15) is 24.2 Å². The number of ether oxygens (including phenoxy) is 1. The molecular formula is C13H17ClN2O3. The zero-order valence-corrected chi connectivity index (χ0v) is 11.9. The molecule has 0 saturated carbocycles. The molecule has 6 heteroatoms. The lowest BCUT2D eigenvalue weighted by Gasteiger charge is -2.12. The van der Waals surface area contributed by atoms with Gasteiger partial charge in [-0.2, -0.15) is 0 Å². The Morgan fingerprint density at radius 3 is 2.58 bits per heavy atom. The molecule has 0 aliphatic rings. The molecule has 2 N–H and O–H groups in total. The molecule has 19 heavy (non-hydrogen) atoms. The van der Waals surface area contributed by atoms with Gasteiger partial charge in [-0.05, 0) is 32.0 Å². The van der Waals surface area contributed by atoms with Crippen LogP contribution in [0.4, 0.5) is 0 Å². The highest BCUT2D eigenvalue weighted by Gasteiger charge is 2.11. The molecule has 1 rings (SSSR count). The van der Waals surface area contributed by atoms with Gasteiger partial charge in [0.15, 0.2) is 0 Å². The number of amides is 2. The summed E-state index contributed by atoms with van der Waals surface area (Å²) >= 11 is 6.02. The smallest absolute Gasteiger partial charge is 0.251 e. The van der Waals surface area contributed by atoms with E-state index in [1.807, 2.05) is 13.8 Å². The summed E-state index contributed by atoms with van der Waals surface area (Å²) in [6.07, 6.45) is 0.00502. The molecule has 0 aromatic heterocycles. The molecule has 0 atom stereocenters. The fourth-order valence-electron chi connectivity index (χ4n) is 1.34. The predicted molar refractivity (Wildman–Crippen MR) is 73.6 cm³/mol. The SMILES string of the molecule is CNC(=O)CNC(=O)c1ccc(OC(C)C)c(Cl)c1. The quantitative estimate of drug-likeness (QED) is 0.863. The Kier molecular flexibility index (Phi) is 5.63. The number of carbonyl (C=O) groups excluding carboxylic acids is 2. The standard InChI is InChI=1S/C13H17ClN2O3/c1-8(2)19-11-5-4-9(6-10(11)14)13(18)16-7-12(17)15-3/h4-6,8H,7H2,1-3H3,(H,15,17)(H,16,18). The minimum Gasteiger partial charge on any atom is -0.489 e. The predicted octanol–water partition coefficient (Wildman–Crippen LogP) is 1.60. The zero-order valence-electron chi connectivity index (χ0n) is 11.1. The van der Waals surface area contributed by atoms with E-state index >= 15 is 0 Å². The lowest BCUT2D eigenvalue weighted by molar-refractivity contribution is -0.119. The van der Waals surface area contributed by atoms with Crippen LogP contribution in [0.2, 0.25) is 5.02 Å². The molecule has 1 aromatic carbocycles. The van der Waals surface area contributed by atoms with Gasteiger partial charge in [-0.1, -0.05) is 11.6 Å². The van der Waals surface area contributed by atoms with Gasteiger partial charge in [-0.25, -0.2) is 0 Å². The molecular weight excluding hydrogens is 268 g/mol. The maximum atomic E-state index is 11.8. The first-order chi connectivity index (χ1) is 8.93. The van der Waals surface area contributed by atoms with Crippen molar-refractivity contribution in [1.29, 1.82) is 0 Å². The van der Waals surface area contributed by atoms with Crippen LogP contribution in [0.5, 0.6) is 5.75 Å². The summed E-state index contributed by atoms with van der Waals surface area (Å²) in [5.41, 5.74) is 0.380. The van der Waals surface area contributed by atoms with Crippen molar-refractivity contribution in [2.75, 3.05) is 13.6 Å². The van der Waals surface area contributed by atoms with Crippen molar-refractivity contribution in [1.82, 2.24) is 10.6 Å². The maximum Gasteiger partial charge on any atom is 0.251 e. The Morgan fingerprint density at radius 2 is 2.05 bits per heavy atom. The van der Waals surface area contributed by atoms with E-state index in [-0.39, 0.29) is 24.5 Å². The van der Waals surface area contributed by atoms with Gasteiger partial charge in [0.25, 0.3) is 5.91 Å². The summed E-state index contributed by atoms with van der Waals surface area (Å²) in [6, 6.07) is 4.75. The highest BCUT2D eigenvalue weighted by molar-refractivity contribution is 6.32. The van der Waals surface area contributed by atoms with Crippen LogP contribution in [-0.2, 0) is 4.79 Å². The molecule has 0 fully saturated rings. The molecule has 2 amide bonds. The number of carbonyl (C=O) groups is 2. The van der Waals surface area contributed by atoms with Crippen molar-refractivity contribution in [2.24, 2.45) is 0 Å². The number of benzene rings is 1. The molecule has 0 aliphatic heterocycles. The second-order valence-corrected chi connectivity index (χ2v) is 4.57. The molecule has 0 aliphatic carbocycles. The highest BCUT2D eigenvalue weighted by atomic mass is 35.5. The first-order valence-electron chi connectivity index (χ1n) is 5.89. The Hall–Kier alpha value is -1.75. The van der Waals surface area contributed by atoms with Gasteiger partial charge in [0, 0.05) is 12.6 Å². The van der Waals surface area contributed by atoms with Gasteiger partial charge in [-0.3, -0.25) is 9.59 Å². The Bertz CT molecular complexity index is 475. The molecule has 5 nitrogen and oxygen atoms in total. The zero-order chi connectivity index (χ0) is 14.4. The molecule has 0 bridgehead atoms. The number of hydrogen-bond acceptors (Lipinski definition) is 3. The van der Waals surface area contributed by atoms with Crippen LogP contribution >= 0.6 is 11.6 Å². The highest BCUT2D eigenvalue weighted by Crippen LogP contribution is 2.26. The molecule has 104 valence electrons. The lowest BCUT2D eigenvalue weighted by atomic mass is 10.2. The summed E-state index contributed by atoms with van der Waals surface area (Å²) in [7, 11) is 1.50. The topological polar surface area (TPSA) is 67.4 Å². The van der Waals surface area contributed by atoms with Crippen LogP contribution in [0.25, 0.3) is 0 Å². The van der Waals surface area contributed by atoms with Crippen molar-refractivity contribution < 1.29 is 14.3 Å². The van der Waals surface area contributed by atoms with E-state index < -0.39 is 0 Å². The number of nitrogens with one attached hydrogen (secondary N) is 2. The third-order valence-electron chi connectivity index (χ3n) is 2.25. The Labute approximate surface area is 117 Å². The number of hydrogen-bond donors (Lipinski definition) is 2. The van der Waals surface area contributed by atoms with Crippen LogP contribution in [0.3, 0.4) is 0 Å². The van der Waals surface area contributed by atoms with Gasteiger partial charge in [-0.15, -0.1) is 0 Å². The van der Waals surface area contributed by atoms with E-state index in [1.54, 1.807) is 12.1 Å². The second kappa shape index (κ2) is 6.99. The summed E-state index contributed by atoms with van der Waals surface area (Å²) in [6.45, 7) is 3.71. The van der Waals surface area contributed by atoms with Gasteiger partial charge in [0.05, 0.1) is 17.7 Å². The van der Waals surface area contributed by atoms with Gasteiger partial charge in [0.2, 0.25) is 5.91 Å². The fraction of sp³-hybridized carbons (Fsp3) is 0.385. The number of rotatable bonds is 5. The van der Waals surface area contributed by atoms with Crippen molar-refractivity contribution in [3.05, 3.63) is 28.8 Å². The van der Waals surface area contributed by atoms with E-state index in [2.05, 4.69) is 10.6 Å². The minimum atomic E-state index is -0.360. The molecule has 0 saturated heterocycles. The molecule has 0 heterocycles. The third kappa shape index (κ3) is 4.79. The van der Waals surface area contributed by atoms with Crippen LogP contribution in [0, 0.1) is 0 Å². The lowest BCUT2D eigenvalue weighted by Crippen LogP contribution is -2.35. The monoisotopic (exact) mass is 284 g/mol. The van der Waals surface area contributed by atoms with Gasteiger partial charge < -0.3 is 15.4 Å². The first-order valence-corrected chi connectivity index (χ1v) is 6.26. The number of halogens is 1. The molecule has 0 unspecified atom stereocenters. The normalized spacial score (nSPS) is 10.2. The fourth-order valence-corrected chi connectivity index (χ4v) is 1.57. The van der Waals surface area contributed by atoms with E-state index in [0.717, 1.165) is 0 Å². The Morgan fingerprint density at radius 1 is 1.37 bits per heavy atom. The van der Waals surface area contributed by atoms with Crippen molar-refractivity contribution >= 4 is 23.4 Å². The summed E-state index contributed by atoms with van der Waals surface area (Å²) in [4.78, 5) is 22.8. The minimum absolute atomic E-state index is 0.00502. The van der Waals surface area contributed by atoms with Crippen molar-refractivity contribution in [3.63, 3.8) is 0 Å². The van der Waals surface area contributed by atoms with Crippen LogP contribution < -0.4 is 15.4 Å². The maximum absolute atomic E-state index is 11.8. The number of likely N-dealkylation sites (N-methyl/N-ethyl adjacent to an activating group) is 1. The average Bonchev–Trinajstić information content (AvgIpc) is 2.37. The van der Waals surface area contributed by atoms with Crippen molar-refractivity contribution in [2.45, 2.75) is 20.0 Å². The van der Waals surface area contributed by atoms with Gasteiger partial charge >= 0.3 is 0 Å². The molecule has 0 spiro atoms. The Balaban J connectivity index is 2.71. The van der Waals surface area contributed by atoms with E-state index in [4.69, 9.17) is 16.3 Å². The first kappa shape index (κ1) is 15.3. The van der Waals surface area contributed by atoms with Crippen LogP contribution in [0.15, 0.2) is 18.2 Å². The molecule has 0 radical (unpaired) electrons. The third-order valence-corrected chi connectivity index (χ3v) is 2.54. The van der Waals surface area contributed by atoms with E-state index in [1.165, 1.54) is 13.1 Å². The largest absolute Gasteiger partial charge is 0.489 e. The average molecular weight is 285 g/mol.